The van der Waals surface area contributed by atoms with Crippen molar-refractivity contribution in [2.45, 2.75) is 20.0 Å². The zero-order chi connectivity index (χ0) is 10.8. The van der Waals surface area contributed by atoms with Gasteiger partial charge in [-0.15, -0.1) is 0 Å². The Kier molecular flexibility index (Phi) is 3.12. The molecule has 15 heavy (non-hydrogen) atoms. The summed E-state index contributed by atoms with van der Waals surface area (Å²) in [6, 6.07) is 3.72. The van der Waals surface area contributed by atoms with Gasteiger partial charge in [-0.1, -0.05) is 18.5 Å². The van der Waals surface area contributed by atoms with E-state index in [0.29, 0.717) is 10.7 Å². The minimum atomic E-state index is -0.101. The van der Waals surface area contributed by atoms with Gasteiger partial charge in [0.25, 0.3) is 0 Å². The number of aliphatic hydroxyl groups excluding tert-OH is 1. The van der Waals surface area contributed by atoms with Crippen LogP contribution in [0.15, 0.2) is 12.1 Å². The topological polar surface area (TPSA) is 36.4 Å². The van der Waals surface area contributed by atoms with Crippen molar-refractivity contribution >= 4 is 17.4 Å². The molecule has 0 radical (unpaired) electrons. The molecule has 0 saturated carbocycles. The molecule has 1 saturated heterocycles. The fourth-order valence-electron chi connectivity index (χ4n) is 1.90. The van der Waals surface area contributed by atoms with Gasteiger partial charge >= 0.3 is 0 Å². The van der Waals surface area contributed by atoms with E-state index in [-0.39, 0.29) is 6.61 Å². The van der Waals surface area contributed by atoms with Crippen LogP contribution in [0, 0.1) is 5.92 Å². The molecule has 0 amide bonds. The van der Waals surface area contributed by atoms with Gasteiger partial charge in [0.1, 0.15) is 5.82 Å². The summed E-state index contributed by atoms with van der Waals surface area (Å²) < 4.78 is 0. The molecule has 2 rings (SSSR count). The summed E-state index contributed by atoms with van der Waals surface area (Å²) >= 11 is 5.89. The van der Waals surface area contributed by atoms with Crippen LogP contribution in [-0.4, -0.2) is 23.2 Å². The highest BCUT2D eigenvalue weighted by Crippen LogP contribution is 2.24. The molecule has 1 atom stereocenters. The monoisotopic (exact) mass is 226 g/mol. The van der Waals surface area contributed by atoms with E-state index in [1.807, 2.05) is 6.07 Å². The first-order valence-electron chi connectivity index (χ1n) is 5.22. The summed E-state index contributed by atoms with van der Waals surface area (Å²) in [6.45, 7) is 4.22. The number of hydrogen-bond donors (Lipinski definition) is 1. The van der Waals surface area contributed by atoms with Gasteiger partial charge in [-0.3, -0.25) is 0 Å². The Balaban J connectivity index is 2.21. The minimum Gasteiger partial charge on any atom is -0.390 e. The molecule has 0 aliphatic carbocycles. The molecule has 0 bridgehead atoms. The third kappa shape index (κ3) is 2.24. The minimum absolute atomic E-state index is 0.101. The van der Waals surface area contributed by atoms with Gasteiger partial charge < -0.3 is 10.0 Å². The van der Waals surface area contributed by atoms with Gasteiger partial charge in [0, 0.05) is 13.1 Å². The molecule has 1 aliphatic rings. The average molecular weight is 227 g/mol. The Morgan fingerprint density at radius 1 is 1.60 bits per heavy atom. The second-order valence-corrected chi connectivity index (χ2v) is 4.50. The molecule has 4 heteroatoms. The Hall–Kier alpha value is -0.800. The Bertz CT molecular complexity index is 356. The SMILES string of the molecule is CC1CCN(c2ccc(Cl)c(CO)n2)C1. The van der Waals surface area contributed by atoms with Crippen LogP contribution in [0.1, 0.15) is 19.0 Å². The Morgan fingerprint density at radius 2 is 2.40 bits per heavy atom. The number of rotatable bonds is 2. The molecule has 2 heterocycles. The van der Waals surface area contributed by atoms with Crippen molar-refractivity contribution in [1.82, 2.24) is 4.98 Å². The van der Waals surface area contributed by atoms with E-state index in [2.05, 4.69) is 16.8 Å². The van der Waals surface area contributed by atoms with E-state index in [9.17, 15) is 0 Å². The first kappa shape index (κ1) is 10.7. The van der Waals surface area contributed by atoms with Gasteiger partial charge in [-0.05, 0) is 24.5 Å². The number of halogens is 1. The number of hydrogen-bond acceptors (Lipinski definition) is 3. The molecule has 1 aromatic heterocycles. The molecule has 0 spiro atoms. The van der Waals surface area contributed by atoms with Gasteiger partial charge in [0.2, 0.25) is 0 Å². The third-order valence-electron chi connectivity index (χ3n) is 2.80. The van der Waals surface area contributed by atoms with Crippen molar-refractivity contribution in [2.75, 3.05) is 18.0 Å². The summed E-state index contributed by atoms with van der Waals surface area (Å²) in [6.07, 6.45) is 1.21. The van der Waals surface area contributed by atoms with E-state index in [4.69, 9.17) is 16.7 Å². The Labute approximate surface area is 94.7 Å². The lowest BCUT2D eigenvalue weighted by Crippen LogP contribution is -2.20. The van der Waals surface area contributed by atoms with Gasteiger partial charge in [0.15, 0.2) is 0 Å². The molecular weight excluding hydrogens is 212 g/mol. The van der Waals surface area contributed by atoms with Crippen molar-refractivity contribution in [3.63, 3.8) is 0 Å². The Morgan fingerprint density at radius 3 is 3.00 bits per heavy atom. The highest BCUT2D eigenvalue weighted by atomic mass is 35.5. The largest absolute Gasteiger partial charge is 0.390 e. The number of aromatic nitrogens is 1. The third-order valence-corrected chi connectivity index (χ3v) is 3.15. The highest BCUT2D eigenvalue weighted by Gasteiger charge is 2.20. The van der Waals surface area contributed by atoms with E-state index >= 15 is 0 Å². The van der Waals surface area contributed by atoms with Gasteiger partial charge in [-0.25, -0.2) is 4.98 Å². The van der Waals surface area contributed by atoms with Crippen molar-refractivity contribution in [3.8, 4) is 0 Å². The lowest BCUT2D eigenvalue weighted by molar-refractivity contribution is 0.277. The van der Waals surface area contributed by atoms with E-state index < -0.39 is 0 Å². The lowest BCUT2D eigenvalue weighted by atomic mass is 10.2. The van der Waals surface area contributed by atoms with Crippen LogP contribution in [0.2, 0.25) is 5.02 Å². The summed E-state index contributed by atoms with van der Waals surface area (Å²) in [7, 11) is 0. The summed E-state index contributed by atoms with van der Waals surface area (Å²) in [5, 5.41) is 9.61. The second-order valence-electron chi connectivity index (χ2n) is 4.10. The molecular formula is C11H15ClN2O. The van der Waals surface area contributed by atoms with Crippen molar-refractivity contribution in [2.24, 2.45) is 5.92 Å². The maximum Gasteiger partial charge on any atom is 0.129 e. The molecule has 1 N–H and O–H groups in total. The van der Waals surface area contributed by atoms with Crippen LogP contribution < -0.4 is 4.90 Å². The number of pyridine rings is 1. The zero-order valence-corrected chi connectivity index (χ0v) is 9.54. The van der Waals surface area contributed by atoms with Crippen LogP contribution in [0.4, 0.5) is 5.82 Å². The fraction of sp³-hybridized carbons (Fsp3) is 0.545. The quantitative estimate of drug-likeness (QED) is 0.839. The average Bonchev–Trinajstić information content (AvgIpc) is 2.66. The molecule has 1 aromatic rings. The second kappa shape index (κ2) is 4.37. The van der Waals surface area contributed by atoms with Gasteiger partial charge in [0.05, 0.1) is 17.3 Å². The normalized spacial score (nSPS) is 21.0. The van der Waals surface area contributed by atoms with Crippen LogP contribution in [0.3, 0.4) is 0 Å². The smallest absolute Gasteiger partial charge is 0.129 e. The van der Waals surface area contributed by atoms with Crippen molar-refractivity contribution in [3.05, 3.63) is 22.8 Å². The molecule has 82 valence electrons. The van der Waals surface area contributed by atoms with Crippen LogP contribution in [0.25, 0.3) is 0 Å². The van der Waals surface area contributed by atoms with E-state index in [1.54, 1.807) is 6.07 Å². The van der Waals surface area contributed by atoms with Crippen molar-refractivity contribution < 1.29 is 5.11 Å². The summed E-state index contributed by atoms with van der Waals surface area (Å²) in [5.74, 6) is 1.65. The predicted molar refractivity (Wildman–Crippen MR) is 61.2 cm³/mol. The van der Waals surface area contributed by atoms with Crippen LogP contribution in [0.5, 0.6) is 0 Å². The number of anilines is 1. The molecule has 1 unspecified atom stereocenters. The first-order chi connectivity index (χ1) is 7.20. The lowest BCUT2D eigenvalue weighted by Gasteiger charge is -2.17. The van der Waals surface area contributed by atoms with Crippen LogP contribution >= 0.6 is 11.6 Å². The molecule has 1 fully saturated rings. The maximum absolute atomic E-state index is 9.07. The maximum atomic E-state index is 9.07. The van der Waals surface area contributed by atoms with Gasteiger partial charge in [-0.2, -0.15) is 0 Å². The van der Waals surface area contributed by atoms with E-state index in [1.165, 1.54) is 6.42 Å². The number of aliphatic hydroxyl groups is 1. The summed E-state index contributed by atoms with van der Waals surface area (Å²) in [4.78, 5) is 6.59. The molecule has 1 aliphatic heterocycles. The van der Waals surface area contributed by atoms with Crippen LogP contribution in [-0.2, 0) is 6.61 Å². The zero-order valence-electron chi connectivity index (χ0n) is 8.78. The predicted octanol–water partition coefficient (Wildman–Crippen LogP) is 2.07. The fourth-order valence-corrected chi connectivity index (χ4v) is 2.07. The highest BCUT2D eigenvalue weighted by molar-refractivity contribution is 6.31. The first-order valence-corrected chi connectivity index (χ1v) is 5.59. The molecule has 3 nitrogen and oxygen atoms in total. The standard InChI is InChI=1S/C11H15ClN2O/c1-8-4-5-14(6-8)11-3-2-9(12)10(7-15)13-11/h2-3,8,15H,4-7H2,1H3. The van der Waals surface area contributed by atoms with E-state index in [0.717, 1.165) is 24.8 Å². The summed E-state index contributed by atoms with van der Waals surface area (Å²) in [5.41, 5.74) is 0.564. The van der Waals surface area contributed by atoms with Crippen molar-refractivity contribution in [1.29, 1.82) is 0 Å². The number of nitrogens with zero attached hydrogens (tertiary/aromatic N) is 2. The molecule has 0 aromatic carbocycles.